The quantitative estimate of drug-likeness (QED) is 0.398. The summed E-state index contributed by atoms with van der Waals surface area (Å²) in [5.41, 5.74) is 0.634. The van der Waals surface area contributed by atoms with Gasteiger partial charge in [0.2, 0.25) is 0 Å². The van der Waals surface area contributed by atoms with Crippen LogP contribution in [-0.4, -0.2) is 44.3 Å². The van der Waals surface area contributed by atoms with E-state index in [-0.39, 0.29) is 4.32 Å². The van der Waals surface area contributed by atoms with Crippen LogP contribution in [-0.2, 0) is 9.59 Å². The maximum atomic E-state index is 12.8. The molecule has 1 aromatic carbocycles. The Balaban J connectivity index is 1.85. The molecule has 1 amide bonds. The second-order valence-electron chi connectivity index (χ2n) is 6.01. The average molecular weight is 488 g/mol. The Hall–Kier alpha value is -1.45. The predicted octanol–water partition coefficient (Wildman–Crippen LogP) is 5.66. The summed E-state index contributed by atoms with van der Waals surface area (Å²) in [5, 5.41) is 10.5. The van der Waals surface area contributed by atoms with E-state index in [1.165, 1.54) is 16.7 Å². The van der Waals surface area contributed by atoms with Crippen molar-refractivity contribution < 1.29 is 19.1 Å². The summed E-state index contributed by atoms with van der Waals surface area (Å²) in [6, 6.07) is 7.48. The molecule has 1 N–H and O–H groups in total. The zero-order valence-electron chi connectivity index (χ0n) is 15.1. The highest BCUT2D eigenvalue weighted by atomic mass is 35.5. The van der Waals surface area contributed by atoms with E-state index in [4.69, 9.17) is 39.8 Å². The Morgan fingerprint density at radius 1 is 1.38 bits per heavy atom. The van der Waals surface area contributed by atoms with Crippen LogP contribution in [0.2, 0.25) is 10.0 Å². The fourth-order valence-electron chi connectivity index (χ4n) is 2.73. The molecule has 0 saturated carbocycles. The van der Waals surface area contributed by atoms with E-state index >= 15 is 0 Å². The fraction of sp³-hybridized carbons (Fsp3) is 0.211. The van der Waals surface area contributed by atoms with Gasteiger partial charge in [-0.15, -0.1) is 0 Å². The first-order valence-corrected chi connectivity index (χ1v) is 11.7. The second kappa shape index (κ2) is 9.57. The minimum absolute atomic E-state index is 0.222. The number of benzene rings is 1. The highest BCUT2D eigenvalue weighted by Gasteiger charge is 2.40. The number of carboxylic acid groups (broad SMARTS) is 1. The minimum Gasteiger partial charge on any atom is -0.480 e. The Morgan fingerprint density at radius 2 is 2.14 bits per heavy atom. The lowest BCUT2D eigenvalue weighted by Crippen LogP contribution is -2.44. The van der Waals surface area contributed by atoms with Gasteiger partial charge in [-0.2, -0.15) is 11.8 Å². The van der Waals surface area contributed by atoms with Crippen LogP contribution in [0.1, 0.15) is 12.2 Å². The van der Waals surface area contributed by atoms with Crippen molar-refractivity contribution in [2.75, 3.05) is 12.0 Å². The van der Waals surface area contributed by atoms with Crippen molar-refractivity contribution in [3.63, 3.8) is 0 Å². The van der Waals surface area contributed by atoms with E-state index in [1.807, 2.05) is 6.26 Å². The Kier molecular flexibility index (Phi) is 7.34. The van der Waals surface area contributed by atoms with Crippen molar-refractivity contribution >= 4 is 81.2 Å². The van der Waals surface area contributed by atoms with Crippen molar-refractivity contribution in [2.45, 2.75) is 12.5 Å². The molecule has 0 spiro atoms. The van der Waals surface area contributed by atoms with E-state index in [0.717, 1.165) is 11.8 Å². The molecule has 10 heteroatoms. The number of carbonyl (C=O) groups is 2. The lowest BCUT2D eigenvalue weighted by atomic mass is 10.2. The topological polar surface area (TPSA) is 70.8 Å². The fourth-order valence-corrected chi connectivity index (χ4v) is 4.91. The first kappa shape index (κ1) is 22.2. The van der Waals surface area contributed by atoms with Gasteiger partial charge < -0.3 is 9.52 Å². The summed E-state index contributed by atoms with van der Waals surface area (Å²) in [6.45, 7) is 0. The molecule has 0 aliphatic carbocycles. The second-order valence-corrected chi connectivity index (χ2v) is 9.52. The van der Waals surface area contributed by atoms with Gasteiger partial charge in [-0.25, -0.2) is 4.79 Å². The molecule has 1 aliphatic rings. The smallest absolute Gasteiger partial charge is 0.326 e. The van der Waals surface area contributed by atoms with Crippen LogP contribution < -0.4 is 0 Å². The highest BCUT2D eigenvalue weighted by molar-refractivity contribution is 8.26. The normalized spacial score (nSPS) is 16.7. The van der Waals surface area contributed by atoms with Gasteiger partial charge in [0, 0.05) is 16.7 Å². The molecule has 2 heterocycles. The van der Waals surface area contributed by atoms with Crippen molar-refractivity contribution in [1.29, 1.82) is 0 Å². The van der Waals surface area contributed by atoms with Crippen LogP contribution in [0.5, 0.6) is 0 Å². The molecule has 1 unspecified atom stereocenters. The number of carbonyl (C=O) groups excluding carboxylic acids is 1. The van der Waals surface area contributed by atoms with Gasteiger partial charge in [-0.3, -0.25) is 9.69 Å². The summed E-state index contributed by atoms with van der Waals surface area (Å²) in [5.74, 6) is 0.0181. The van der Waals surface area contributed by atoms with Gasteiger partial charge in [0.05, 0.1) is 9.93 Å². The maximum absolute atomic E-state index is 12.8. The molecule has 1 fully saturated rings. The Morgan fingerprint density at radius 3 is 2.83 bits per heavy atom. The molecule has 1 atom stereocenters. The third-order valence-electron chi connectivity index (χ3n) is 4.11. The lowest BCUT2D eigenvalue weighted by molar-refractivity contribution is -0.145. The van der Waals surface area contributed by atoms with E-state index in [0.29, 0.717) is 44.2 Å². The number of nitrogens with zero attached hydrogens (tertiary/aromatic N) is 1. The van der Waals surface area contributed by atoms with Crippen LogP contribution in [0.4, 0.5) is 0 Å². The van der Waals surface area contributed by atoms with E-state index in [9.17, 15) is 14.7 Å². The summed E-state index contributed by atoms with van der Waals surface area (Å²) in [7, 11) is 0. The van der Waals surface area contributed by atoms with Crippen molar-refractivity contribution in [3.05, 3.63) is 51.0 Å². The number of aliphatic carboxylic acids is 1. The number of halogens is 2. The van der Waals surface area contributed by atoms with Gasteiger partial charge in [0.15, 0.2) is 0 Å². The van der Waals surface area contributed by atoms with Gasteiger partial charge >= 0.3 is 5.97 Å². The van der Waals surface area contributed by atoms with Gasteiger partial charge in [0.25, 0.3) is 5.91 Å². The molecule has 1 saturated heterocycles. The third-order valence-corrected chi connectivity index (χ3v) is 6.65. The third kappa shape index (κ3) is 5.00. The largest absolute Gasteiger partial charge is 0.480 e. The molecule has 2 aromatic rings. The maximum Gasteiger partial charge on any atom is 0.326 e. The molecule has 0 bridgehead atoms. The van der Waals surface area contributed by atoms with Crippen molar-refractivity contribution in [2.24, 2.45) is 0 Å². The zero-order chi connectivity index (χ0) is 21.1. The number of furan rings is 1. The molecule has 1 aromatic heterocycles. The highest BCUT2D eigenvalue weighted by Crippen LogP contribution is 2.37. The van der Waals surface area contributed by atoms with E-state index < -0.39 is 17.9 Å². The monoisotopic (exact) mass is 487 g/mol. The van der Waals surface area contributed by atoms with Crippen molar-refractivity contribution in [3.8, 4) is 11.3 Å². The number of rotatable bonds is 7. The minimum atomic E-state index is -1.08. The number of hydrogen-bond acceptors (Lipinski definition) is 6. The molecular formula is C19H15Cl2NO4S3. The average Bonchev–Trinajstić information content (AvgIpc) is 3.23. The summed E-state index contributed by atoms with van der Waals surface area (Å²) >= 11 is 20.1. The Bertz CT molecular complexity index is 1010. The van der Waals surface area contributed by atoms with Crippen LogP contribution in [0.3, 0.4) is 0 Å². The molecule has 1 aliphatic heterocycles. The summed E-state index contributed by atoms with van der Waals surface area (Å²) in [4.78, 5) is 25.9. The van der Waals surface area contributed by atoms with E-state index in [2.05, 4.69) is 0 Å². The van der Waals surface area contributed by atoms with Crippen LogP contribution in [0.25, 0.3) is 17.4 Å². The van der Waals surface area contributed by atoms with Gasteiger partial charge in [-0.05, 0) is 48.8 Å². The molecule has 29 heavy (non-hydrogen) atoms. The Labute approximate surface area is 191 Å². The van der Waals surface area contributed by atoms with E-state index in [1.54, 1.807) is 36.4 Å². The summed E-state index contributed by atoms with van der Waals surface area (Å²) < 4.78 is 6.01. The number of thioether (sulfide) groups is 2. The number of hydrogen-bond donors (Lipinski definition) is 1. The molecule has 152 valence electrons. The standard InChI is InChI=1S/C19H15Cl2NO4S3/c1-28-7-6-14(18(24)25)22-17(23)16(29-19(22)27)9-11-3-5-15(26-11)12-8-10(20)2-4-13(12)21/h2-5,8-9,14H,6-7H2,1H3,(H,24,25)/b16-9+. The van der Waals surface area contributed by atoms with Gasteiger partial charge in [0.1, 0.15) is 21.9 Å². The number of thiocarbonyl (C=S) groups is 1. The SMILES string of the molecule is CSCCC(C(=O)O)N1C(=O)/C(=C\c2ccc(-c3cc(Cl)ccc3Cl)o2)SC1=S. The zero-order valence-corrected chi connectivity index (χ0v) is 19.0. The number of amides is 1. The summed E-state index contributed by atoms with van der Waals surface area (Å²) in [6.07, 6.45) is 3.74. The first-order chi connectivity index (χ1) is 13.8. The molecule has 3 rings (SSSR count). The predicted molar refractivity (Wildman–Crippen MR) is 124 cm³/mol. The first-order valence-electron chi connectivity index (χ1n) is 8.36. The molecular weight excluding hydrogens is 473 g/mol. The lowest BCUT2D eigenvalue weighted by Gasteiger charge is -2.22. The molecule has 5 nitrogen and oxygen atoms in total. The van der Waals surface area contributed by atoms with Gasteiger partial charge in [-0.1, -0.05) is 47.2 Å². The number of carboxylic acids is 1. The van der Waals surface area contributed by atoms with Crippen LogP contribution in [0.15, 0.2) is 39.7 Å². The molecule has 0 radical (unpaired) electrons. The van der Waals surface area contributed by atoms with Crippen LogP contribution >= 0.6 is 58.9 Å². The van der Waals surface area contributed by atoms with Crippen molar-refractivity contribution in [1.82, 2.24) is 4.90 Å². The van der Waals surface area contributed by atoms with Crippen LogP contribution in [0, 0.1) is 0 Å².